The highest BCUT2D eigenvalue weighted by Crippen LogP contribution is 2.39. The van der Waals surface area contributed by atoms with Crippen LogP contribution < -0.4 is 20.3 Å². The third-order valence-corrected chi connectivity index (χ3v) is 9.35. The van der Waals surface area contributed by atoms with Crippen LogP contribution in [0, 0.1) is 10.1 Å². The number of likely N-dealkylation sites (N-methyl/N-ethyl adjacent to an activating group) is 1. The van der Waals surface area contributed by atoms with E-state index in [1.165, 1.54) is 14.2 Å². The van der Waals surface area contributed by atoms with Crippen molar-refractivity contribution in [1.82, 2.24) is 14.5 Å². The van der Waals surface area contributed by atoms with E-state index in [1.54, 1.807) is 59.7 Å². The molecule has 0 radical (unpaired) electrons. The molecule has 276 valence electrons. The van der Waals surface area contributed by atoms with Gasteiger partial charge in [0.1, 0.15) is 30.1 Å². The summed E-state index contributed by atoms with van der Waals surface area (Å²) in [5, 5.41) is 15.6. The number of ether oxygens (including phenoxy) is 2. The molecule has 0 unspecified atom stereocenters. The Bertz CT molecular complexity index is 2390. The van der Waals surface area contributed by atoms with Gasteiger partial charge in [0.2, 0.25) is 0 Å². The van der Waals surface area contributed by atoms with E-state index >= 15 is 0 Å². The molecule has 0 saturated carbocycles. The van der Waals surface area contributed by atoms with Crippen molar-refractivity contribution in [2.24, 2.45) is 4.99 Å². The number of quaternary nitrogens is 1. The van der Waals surface area contributed by atoms with Gasteiger partial charge < -0.3 is 34.0 Å². The lowest BCUT2D eigenvalue weighted by Gasteiger charge is -2.28. The Labute approximate surface area is 316 Å². The maximum atomic E-state index is 14.5. The van der Waals surface area contributed by atoms with Crippen LogP contribution in [0.25, 0.3) is 22.0 Å². The second-order valence-electron chi connectivity index (χ2n) is 13.5. The number of fused-ring (bicyclic) bond motifs is 1. The number of anilines is 2. The molecule has 1 N–H and O–H groups in total. The largest absolute Gasteiger partial charge is 0.497 e. The molecule has 6 rings (SSSR count). The third kappa shape index (κ3) is 8.71. The quantitative estimate of drug-likeness (QED) is 0.0539. The van der Waals surface area contributed by atoms with Crippen LogP contribution in [-0.2, 0) is 17.8 Å². The summed E-state index contributed by atoms with van der Waals surface area (Å²) < 4.78 is 13.1. The highest BCUT2D eigenvalue weighted by atomic mass is 35.5. The molecule has 0 atom stereocenters. The van der Waals surface area contributed by atoms with Crippen LogP contribution in [0.1, 0.15) is 17.5 Å². The Morgan fingerprint density at radius 2 is 1.83 bits per heavy atom. The summed E-state index contributed by atoms with van der Waals surface area (Å²) in [5.74, 6) is 1.20. The van der Waals surface area contributed by atoms with E-state index < -0.39 is 4.92 Å². The number of carbonyl (C=O) groups excluding carboxylic acids is 1. The standard InChI is InChI=1S/C40H38ClN7O6/c1-48(2,25-28-10-15-43-39(28)47(51)52)16-6-9-31(49)18-26-7-5-8-27(17-26)24-46-35-22-37(45-30-11-13-42-14-12-30)44-23-29(35)19-34(40(46)50)33-20-32(53-3)21-36(54-4)38(33)41/h5-9,11-15,17,19-23H,10,16,18,24-25H2,1-4H3/p+1/b9-6+. The lowest BCUT2D eigenvalue weighted by atomic mass is 10.0. The smallest absolute Gasteiger partial charge is 0.368 e. The van der Waals surface area contributed by atoms with Crippen LogP contribution >= 0.6 is 11.6 Å². The Morgan fingerprint density at radius 1 is 1.06 bits per heavy atom. The molecule has 13 nitrogen and oxygen atoms in total. The summed E-state index contributed by atoms with van der Waals surface area (Å²) in [7, 11) is 6.93. The van der Waals surface area contributed by atoms with Crippen LogP contribution in [0.3, 0.4) is 0 Å². The van der Waals surface area contributed by atoms with Crippen molar-refractivity contribution < 1.29 is 23.7 Å². The number of pyridine rings is 3. The molecule has 1 aliphatic heterocycles. The maximum absolute atomic E-state index is 14.5. The molecule has 14 heteroatoms. The first-order chi connectivity index (χ1) is 25.9. The first kappa shape index (κ1) is 37.6. The number of nitro groups is 1. The lowest BCUT2D eigenvalue weighted by Crippen LogP contribution is -2.41. The second kappa shape index (κ2) is 16.2. The Morgan fingerprint density at radius 3 is 2.57 bits per heavy atom. The Balaban J connectivity index is 1.29. The number of aliphatic imine (C=N–C) groups is 1. The van der Waals surface area contributed by atoms with Gasteiger partial charge in [0.25, 0.3) is 5.56 Å². The molecule has 54 heavy (non-hydrogen) atoms. The molecule has 0 saturated heterocycles. The summed E-state index contributed by atoms with van der Waals surface area (Å²) in [6.07, 6.45) is 10.6. The zero-order valence-corrected chi connectivity index (χ0v) is 31.0. The number of benzene rings is 2. The van der Waals surface area contributed by atoms with Crippen LogP contribution in [-0.4, -0.2) is 77.3 Å². The lowest BCUT2D eigenvalue weighted by molar-refractivity contribution is -0.880. The summed E-state index contributed by atoms with van der Waals surface area (Å²) in [5.41, 5.74) is 4.19. The first-order valence-corrected chi connectivity index (χ1v) is 17.4. The number of nitrogens with one attached hydrogen (secondary N) is 1. The van der Waals surface area contributed by atoms with Gasteiger partial charge in [-0.15, -0.1) is 0 Å². The SMILES string of the molecule is COc1cc(OC)c(Cl)c(-c2cc3cnc(Nc4ccncc4)cc3n(Cc3cccc(CC(=O)/C=C/C[N+](C)(C)CC4=C([N+](=O)[O-])N=CC4)c3)c2=O)c1. The van der Waals surface area contributed by atoms with Crippen molar-refractivity contribution in [3.63, 3.8) is 0 Å². The normalized spacial score (nSPS) is 12.8. The molecule has 4 heterocycles. The number of hydrogen-bond donors (Lipinski definition) is 1. The predicted octanol–water partition coefficient (Wildman–Crippen LogP) is 6.63. The number of nitrogens with zero attached hydrogens (tertiary/aromatic N) is 6. The number of aromatic nitrogens is 3. The van der Waals surface area contributed by atoms with Gasteiger partial charge in [-0.3, -0.25) is 14.6 Å². The van der Waals surface area contributed by atoms with E-state index in [1.807, 2.05) is 56.6 Å². The minimum Gasteiger partial charge on any atom is -0.497 e. The fourth-order valence-electron chi connectivity index (χ4n) is 6.38. The average Bonchev–Trinajstić information content (AvgIpc) is 3.61. The van der Waals surface area contributed by atoms with Crippen molar-refractivity contribution in [2.75, 3.05) is 46.7 Å². The van der Waals surface area contributed by atoms with Crippen molar-refractivity contribution in [3.8, 4) is 22.6 Å². The summed E-state index contributed by atoms with van der Waals surface area (Å²) in [6.45, 7) is 1.14. The summed E-state index contributed by atoms with van der Waals surface area (Å²) >= 11 is 6.78. The number of hydrogen-bond acceptors (Lipinski definition) is 10. The molecule has 0 spiro atoms. The van der Waals surface area contributed by atoms with E-state index in [2.05, 4.69) is 20.3 Å². The topological polar surface area (TPSA) is 151 Å². The highest BCUT2D eigenvalue weighted by Gasteiger charge is 2.28. The van der Waals surface area contributed by atoms with Crippen LogP contribution in [0.4, 0.5) is 11.5 Å². The number of carbonyl (C=O) groups is 1. The van der Waals surface area contributed by atoms with E-state index in [4.69, 9.17) is 21.1 Å². The fourth-order valence-corrected chi connectivity index (χ4v) is 6.66. The first-order valence-electron chi connectivity index (χ1n) is 17.1. The van der Waals surface area contributed by atoms with Crippen molar-refractivity contribution in [3.05, 3.63) is 139 Å². The maximum Gasteiger partial charge on any atom is 0.368 e. The molecule has 1 aliphatic rings. The zero-order valence-electron chi connectivity index (χ0n) is 30.3. The van der Waals surface area contributed by atoms with Crippen LogP contribution in [0.2, 0.25) is 5.02 Å². The molecule has 2 aromatic carbocycles. The number of ketones is 1. The molecule has 0 bridgehead atoms. The zero-order chi connectivity index (χ0) is 38.4. The van der Waals surface area contributed by atoms with Gasteiger partial charge in [-0.05, 0) is 52.5 Å². The van der Waals surface area contributed by atoms with Gasteiger partial charge in [0, 0.05) is 65.8 Å². The Hall–Kier alpha value is -6.18. The predicted molar refractivity (Wildman–Crippen MR) is 209 cm³/mol. The van der Waals surface area contributed by atoms with Crippen LogP contribution in [0.15, 0.2) is 113 Å². The Kier molecular flexibility index (Phi) is 11.3. The van der Waals surface area contributed by atoms with E-state index in [0.717, 1.165) is 16.8 Å². The van der Waals surface area contributed by atoms with Gasteiger partial charge in [-0.1, -0.05) is 40.9 Å². The van der Waals surface area contributed by atoms with Crippen LogP contribution in [0.5, 0.6) is 11.5 Å². The number of allylic oxidation sites excluding steroid dienone is 1. The van der Waals surface area contributed by atoms with Crippen molar-refractivity contribution >= 4 is 46.0 Å². The molecule has 0 amide bonds. The highest BCUT2D eigenvalue weighted by molar-refractivity contribution is 6.35. The van der Waals surface area contributed by atoms with E-state index in [-0.39, 0.29) is 35.2 Å². The second-order valence-corrected chi connectivity index (χ2v) is 13.8. The average molecular weight is 749 g/mol. The molecule has 3 aromatic heterocycles. The number of halogens is 1. The minimum atomic E-state index is -0.453. The van der Waals surface area contributed by atoms with Gasteiger partial charge in [0.05, 0.1) is 57.5 Å². The van der Waals surface area contributed by atoms with Crippen molar-refractivity contribution in [2.45, 2.75) is 19.4 Å². The van der Waals surface area contributed by atoms with E-state index in [0.29, 0.717) is 68.9 Å². The molecular weight excluding hydrogens is 710 g/mol. The van der Waals surface area contributed by atoms with Gasteiger partial charge in [-0.25, -0.2) is 4.98 Å². The van der Waals surface area contributed by atoms with E-state index in [9.17, 15) is 19.7 Å². The molecule has 5 aromatic rings. The summed E-state index contributed by atoms with van der Waals surface area (Å²) in [6, 6.07) is 18.2. The molecular formula is C40H39ClN7O6+. The summed E-state index contributed by atoms with van der Waals surface area (Å²) in [4.78, 5) is 51.0. The van der Waals surface area contributed by atoms with Gasteiger partial charge in [0.15, 0.2) is 5.78 Å². The number of rotatable bonds is 15. The number of methoxy groups -OCH3 is 2. The monoisotopic (exact) mass is 748 g/mol. The fraction of sp³-hybridized carbons (Fsp3) is 0.225. The van der Waals surface area contributed by atoms with Crippen molar-refractivity contribution in [1.29, 1.82) is 0 Å². The molecule has 0 aliphatic carbocycles. The minimum absolute atomic E-state index is 0.0915. The molecule has 0 fully saturated rings. The van der Waals surface area contributed by atoms with Gasteiger partial charge in [-0.2, -0.15) is 0 Å². The third-order valence-electron chi connectivity index (χ3n) is 8.96. The van der Waals surface area contributed by atoms with Gasteiger partial charge >= 0.3 is 5.82 Å².